The van der Waals surface area contributed by atoms with Crippen molar-refractivity contribution in [2.24, 2.45) is 7.05 Å². The van der Waals surface area contributed by atoms with Crippen molar-refractivity contribution >= 4 is 5.91 Å². The number of carbonyl (C=O) groups is 1. The second kappa shape index (κ2) is 5.71. The van der Waals surface area contributed by atoms with Crippen molar-refractivity contribution in [3.05, 3.63) is 17.5 Å². The molecule has 0 aliphatic heterocycles. The van der Waals surface area contributed by atoms with Crippen LogP contribution in [0, 0.1) is 6.92 Å². The van der Waals surface area contributed by atoms with E-state index in [1.54, 1.807) is 14.0 Å². The lowest BCUT2D eigenvalue weighted by Crippen LogP contribution is -2.55. The molecule has 7 heteroatoms. The molecule has 118 valence electrons. The highest BCUT2D eigenvalue weighted by molar-refractivity contribution is 5.95. The van der Waals surface area contributed by atoms with Crippen LogP contribution in [-0.4, -0.2) is 38.9 Å². The molecule has 1 aromatic rings. The van der Waals surface area contributed by atoms with Crippen LogP contribution in [0.4, 0.5) is 8.78 Å². The van der Waals surface area contributed by atoms with Gasteiger partial charge >= 0.3 is 0 Å². The molecule has 0 aromatic carbocycles. The molecule has 1 fully saturated rings. The number of halogens is 2. The SMILES string of the molecule is Cc1c(C(=O)NCC(F)(F)C2(O)CCCCC2)cnn1C. The van der Waals surface area contributed by atoms with E-state index in [0.717, 1.165) is 6.42 Å². The van der Waals surface area contributed by atoms with E-state index >= 15 is 0 Å². The summed E-state index contributed by atoms with van der Waals surface area (Å²) >= 11 is 0. The quantitative estimate of drug-likeness (QED) is 0.891. The highest BCUT2D eigenvalue weighted by Gasteiger charge is 2.52. The van der Waals surface area contributed by atoms with Crippen LogP contribution in [-0.2, 0) is 7.05 Å². The molecule has 0 unspecified atom stereocenters. The highest BCUT2D eigenvalue weighted by Crippen LogP contribution is 2.40. The number of nitrogens with zero attached hydrogens (tertiary/aromatic N) is 2. The first kappa shape index (κ1) is 15.9. The van der Waals surface area contributed by atoms with E-state index < -0.39 is 24.0 Å². The van der Waals surface area contributed by atoms with Gasteiger partial charge in [-0.2, -0.15) is 5.10 Å². The second-order valence-corrected chi connectivity index (χ2v) is 5.75. The maximum Gasteiger partial charge on any atom is 0.293 e. The third-order valence-corrected chi connectivity index (χ3v) is 4.31. The molecule has 1 amide bonds. The van der Waals surface area contributed by atoms with E-state index in [-0.39, 0.29) is 18.4 Å². The molecular weight excluding hydrogens is 280 g/mol. The number of hydrogen-bond donors (Lipinski definition) is 2. The van der Waals surface area contributed by atoms with Gasteiger partial charge in [-0.25, -0.2) is 8.78 Å². The fraction of sp³-hybridized carbons (Fsp3) is 0.714. The van der Waals surface area contributed by atoms with E-state index in [0.29, 0.717) is 18.5 Å². The highest BCUT2D eigenvalue weighted by atomic mass is 19.3. The van der Waals surface area contributed by atoms with Gasteiger partial charge in [0.05, 0.1) is 18.3 Å². The smallest absolute Gasteiger partial charge is 0.293 e. The van der Waals surface area contributed by atoms with Gasteiger partial charge in [0.2, 0.25) is 0 Å². The van der Waals surface area contributed by atoms with Gasteiger partial charge in [-0.1, -0.05) is 19.3 Å². The Morgan fingerprint density at radius 2 is 2.10 bits per heavy atom. The molecular formula is C14H21F2N3O2. The van der Waals surface area contributed by atoms with Crippen LogP contribution in [0.5, 0.6) is 0 Å². The standard InChI is InChI=1S/C14H21F2N3O2/c1-10-11(8-18-19(10)2)12(20)17-9-14(15,16)13(21)6-4-3-5-7-13/h8,21H,3-7,9H2,1-2H3,(H,17,20). The number of hydrogen-bond acceptors (Lipinski definition) is 3. The predicted octanol–water partition coefficient (Wildman–Crippen LogP) is 1.79. The molecule has 1 aliphatic carbocycles. The Labute approximate surface area is 122 Å². The van der Waals surface area contributed by atoms with Gasteiger partial charge < -0.3 is 10.4 Å². The lowest BCUT2D eigenvalue weighted by molar-refractivity contribution is -0.191. The van der Waals surface area contributed by atoms with Crippen LogP contribution in [0.25, 0.3) is 0 Å². The summed E-state index contributed by atoms with van der Waals surface area (Å²) in [5.74, 6) is -3.93. The molecule has 1 saturated carbocycles. The van der Waals surface area contributed by atoms with Crippen LogP contribution in [0.2, 0.25) is 0 Å². The average Bonchev–Trinajstić information content (AvgIpc) is 2.77. The number of rotatable bonds is 4. The number of aliphatic hydroxyl groups is 1. The summed E-state index contributed by atoms with van der Waals surface area (Å²) in [7, 11) is 1.67. The number of amides is 1. The van der Waals surface area contributed by atoms with Crippen LogP contribution in [0.15, 0.2) is 6.20 Å². The normalized spacial score (nSPS) is 18.5. The summed E-state index contributed by atoms with van der Waals surface area (Å²) in [5, 5.41) is 16.2. The number of carbonyl (C=O) groups excluding carboxylic acids is 1. The Bertz CT molecular complexity index is 522. The van der Waals surface area contributed by atoms with Crippen LogP contribution in [0.1, 0.15) is 48.2 Å². The molecule has 0 bridgehead atoms. The zero-order valence-electron chi connectivity index (χ0n) is 12.3. The zero-order valence-corrected chi connectivity index (χ0v) is 12.3. The predicted molar refractivity (Wildman–Crippen MR) is 73.3 cm³/mol. The lowest BCUT2D eigenvalue weighted by atomic mass is 9.80. The Balaban J connectivity index is 2.01. The van der Waals surface area contributed by atoms with Crippen LogP contribution >= 0.6 is 0 Å². The molecule has 1 aliphatic rings. The summed E-state index contributed by atoms with van der Waals surface area (Å²) in [6.45, 7) is 0.825. The molecule has 2 N–H and O–H groups in total. The van der Waals surface area contributed by atoms with Crippen molar-refractivity contribution in [2.75, 3.05) is 6.54 Å². The van der Waals surface area contributed by atoms with Gasteiger partial charge in [0.25, 0.3) is 11.8 Å². The largest absolute Gasteiger partial charge is 0.384 e. The van der Waals surface area contributed by atoms with E-state index in [1.807, 2.05) is 0 Å². The van der Waals surface area contributed by atoms with Gasteiger partial charge in [0.15, 0.2) is 0 Å². The molecule has 21 heavy (non-hydrogen) atoms. The minimum Gasteiger partial charge on any atom is -0.384 e. The maximum atomic E-state index is 14.2. The van der Waals surface area contributed by atoms with E-state index in [4.69, 9.17) is 0 Å². The summed E-state index contributed by atoms with van der Waals surface area (Å²) in [5.41, 5.74) is -1.14. The van der Waals surface area contributed by atoms with Crippen molar-refractivity contribution < 1.29 is 18.7 Å². The molecule has 0 atom stereocenters. The first-order chi connectivity index (χ1) is 9.77. The summed E-state index contributed by atoms with van der Waals surface area (Å²) in [6, 6.07) is 0. The van der Waals surface area contributed by atoms with Gasteiger partial charge in [0.1, 0.15) is 5.60 Å². The maximum absolute atomic E-state index is 14.2. The minimum atomic E-state index is -3.33. The topological polar surface area (TPSA) is 67.2 Å². The minimum absolute atomic E-state index is 0.0712. The van der Waals surface area contributed by atoms with E-state index in [1.165, 1.54) is 10.9 Å². The molecule has 0 spiro atoms. The van der Waals surface area contributed by atoms with Gasteiger partial charge in [-0.05, 0) is 19.8 Å². The Kier molecular flexibility index (Phi) is 4.32. The van der Waals surface area contributed by atoms with E-state index in [2.05, 4.69) is 10.4 Å². The molecule has 5 nitrogen and oxygen atoms in total. The first-order valence-electron chi connectivity index (χ1n) is 7.14. The van der Waals surface area contributed by atoms with E-state index in [9.17, 15) is 18.7 Å². The summed E-state index contributed by atoms with van der Waals surface area (Å²) in [6.07, 6.45) is 3.52. The molecule has 0 radical (unpaired) electrons. The zero-order chi connectivity index (χ0) is 15.7. The third kappa shape index (κ3) is 3.07. The Morgan fingerprint density at radius 3 is 2.62 bits per heavy atom. The average molecular weight is 301 g/mol. The van der Waals surface area contributed by atoms with Gasteiger partial charge in [-0.3, -0.25) is 9.48 Å². The Morgan fingerprint density at radius 1 is 1.48 bits per heavy atom. The van der Waals surface area contributed by atoms with Crippen LogP contribution < -0.4 is 5.32 Å². The fourth-order valence-corrected chi connectivity index (χ4v) is 2.68. The van der Waals surface area contributed by atoms with Gasteiger partial charge in [-0.15, -0.1) is 0 Å². The summed E-state index contributed by atoms with van der Waals surface area (Å²) < 4.78 is 29.9. The second-order valence-electron chi connectivity index (χ2n) is 5.75. The number of aryl methyl sites for hydroxylation is 1. The third-order valence-electron chi connectivity index (χ3n) is 4.31. The molecule has 1 heterocycles. The lowest BCUT2D eigenvalue weighted by Gasteiger charge is -2.38. The summed E-state index contributed by atoms with van der Waals surface area (Å²) in [4.78, 5) is 11.9. The van der Waals surface area contributed by atoms with Crippen molar-refractivity contribution in [3.63, 3.8) is 0 Å². The molecule has 1 aromatic heterocycles. The Hall–Kier alpha value is -1.50. The molecule has 2 rings (SSSR count). The number of nitrogens with one attached hydrogen (secondary N) is 1. The van der Waals surface area contributed by atoms with Crippen molar-refractivity contribution in [2.45, 2.75) is 50.6 Å². The first-order valence-corrected chi connectivity index (χ1v) is 7.14. The molecule has 0 saturated heterocycles. The van der Waals surface area contributed by atoms with Crippen molar-refractivity contribution in [1.29, 1.82) is 0 Å². The fourth-order valence-electron chi connectivity index (χ4n) is 2.68. The number of aromatic nitrogens is 2. The van der Waals surface area contributed by atoms with Gasteiger partial charge in [0, 0.05) is 12.7 Å². The van der Waals surface area contributed by atoms with Crippen molar-refractivity contribution in [3.8, 4) is 0 Å². The number of alkyl halides is 2. The van der Waals surface area contributed by atoms with Crippen LogP contribution in [0.3, 0.4) is 0 Å². The van der Waals surface area contributed by atoms with Crippen molar-refractivity contribution in [1.82, 2.24) is 15.1 Å². The monoisotopic (exact) mass is 301 g/mol.